The molecule has 1 amide bonds. The highest BCUT2D eigenvalue weighted by molar-refractivity contribution is 5.93. The van der Waals surface area contributed by atoms with Crippen molar-refractivity contribution in [3.63, 3.8) is 0 Å². The van der Waals surface area contributed by atoms with Gasteiger partial charge in [-0.15, -0.1) is 0 Å². The normalized spacial score (nSPS) is 11.5. The van der Waals surface area contributed by atoms with Gasteiger partial charge in [0.15, 0.2) is 0 Å². The number of aliphatic carboxylic acids is 1. The third-order valence-electron chi connectivity index (χ3n) is 2.59. The van der Waals surface area contributed by atoms with E-state index in [0.717, 1.165) is 5.56 Å². The van der Waals surface area contributed by atoms with E-state index in [2.05, 4.69) is 5.32 Å². The van der Waals surface area contributed by atoms with Gasteiger partial charge in [0.05, 0.1) is 20.3 Å². The van der Waals surface area contributed by atoms with Gasteiger partial charge in [0.25, 0.3) is 0 Å². The van der Waals surface area contributed by atoms with E-state index in [-0.39, 0.29) is 6.04 Å². The first-order chi connectivity index (χ1) is 8.97. The fourth-order valence-electron chi connectivity index (χ4n) is 1.69. The van der Waals surface area contributed by atoms with Crippen molar-refractivity contribution >= 4 is 11.9 Å². The van der Waals surface area contributed by atoms with Crippen LogP contribution in [-0.2, 0) is 9.59 Å². The fraction of sp³-hybridized carbons (Fsp3) is 0.385. The summed E-state index contributed by atoms with van der Waals surface area (Å²) in [5.41, 5.74) is 0.723. The Morgan fingerprint density at radius 3 is 2.53 bits per heavy atom. The second kappa shape index (κ2) is 6.63. The lowest BCUT2D eigenvalue weighted by Crippen LogP contribution is -2.28. The van der Waals surface area contributed by atoms with Crippen molar-refractivity contribution in [3.05, 3.63) is 23.8 Å². The Hall–Kier alpha value is -2.24. The molecule has 0 fully saturated rings. The zero-order chi connectivity index (χ0) is 14.4. The highest BCUT2D eigenvalue weighted by Gasteiger charge is 2.16. The highest BCUT2D eigenvalue weighted by Crippen LogP contribution is 2.29. The van der Waals surface area contributed by atoms with Crippen LogP contribution in [-0.4, -0.2) is 31.2 Å². The first-order valence-electron chi connectivity index (χ1n) is 5.71. The Labute approximate surface area is 111 Å². The zero-order valence-electron chi connectivity index (χ0n) is 11.1. The number of nitrogens with one attached hydrogen (secondary N) is 1. The van der Waals surface area contributed by atoms with E-state index >= 15 is 0 Å². The SMILES string of the molecule is COc1ccc(OC)c(C(C)NC(=O)CC(=O)O)c1. The molecule has 19 heavy (non-hydrogen) atoms. The third kappa shape index (κ3) is 4.17. The predicted molar refractivity (Wildman–Crippen MR) is 68.4 cm³/mol. The summed E-state index contributed by atoms with van der Waals surface area (Å²) in [6, 6.07) is 4.84. The Morgan fingerprint density at radius 2 is 2.00 bits per heavy atom. The van der Waals surface area contributed by atoms with Crippen LogP contribution in [0.4, 0.5) is 0 Å². The molecule has 0 bridgehead atoms. The Bertz CT molecular complexity index is 472. The average molecular weight is 267 g/mol. The number of hydrogen-bond donors (Lipinski definition) is 2. The maximum absolute atomic E-state index is 11.4. The molecule has 0 heterocycles. The van der Waals surface area contributed by atoms with Crippen molar-refractivity contribution in [1.82, 2.24) is 5.32 Å². The minimum Gasteiger partial charge on any atom is -0.497 e. The summed E-state index contributed by atoms with van der Waals surface area (Å²) in [7, 11) is 3.07. The predicted octanol–water partition coefficient (Wildman–Crippen LogP) is 1.36. The monoisotopic (exact) mass is 267 g/mol. The molecule has 104 valence electrons. The average Bonchev–Trinajstić information content (AvgIpc) is 2.36. The van der Waals surface area contributed by atoms with Crippen LogP contribution >= 0.6 is 0 Å². The minimum atomic E-state index is -1.16. The van der Waals surface area contributed by atoms with Crippen molar-refractivity contribution in [2.45, 2.75) is 19.4 Å². The molecule has 1 aromatic rings. The Morgan fingerprint density at radius 1 is 1.32 bits per heavy atom. The summed E-state index contributed by atoms with van der Waals surface area (Å²) in [6.07, 6.45) is -0.559. The van der Waals surface area contributed by atoms with Crippen molar-refractivity contribution in [1.29, 1.82) is 0 Å². The number of methoxy groups -OCH3 is 2. The molecule has 0 aliphatic carbocycles. The lowest BCUT2D eigenvalue weighted by Gasteiger charge is -2.17. The van der Waals surface area contributed by atoms with Gasteiger partial charge in [-0.1, -0.05) is 0 Å². The molecule has 2 N–H and O–H groups in total. The summed E-state index contributed by atoms with van der Waals surface area (Å²) >= 11 is 0. The van der Waals surface area contributed by atoms with Crippen LogP contribution in [0.1, 0.15) is 24.9 Å². The molecular formula is C13H17NO5. The van der Waals surface area contributed by atoms with Gasteiger partial charge < -0.3 is 19.9 Å². The maximum atomic E-state index is 11.4. The molecule has 1 aromatic carbocycles. The van der Waals surface area contributed by atoms with Crippen LogP contribution in [0, 0.1) is 0 Å². The molecule has 1 unspecified atom stereocenters. The molecule has 0 radical (unpaired) electrons. The number of carbonyl (C=O) groups is 2. The van der Waals surface area contributed by atoms with Crippen molar-refractivity contribution in [3.8, 4) is 11.5 Å². The Balaban J connectivity index is 2.88. The molecule has 0 aliphatic heterocycles. The summed E-state index contributed by atoms with van der Waals surface area (Å²) in [5, 5.41) is 11.1. The van der Waals surface area contributed by atoms with Gasteiger partial charge >= 0.3 is 5.97 Å². The molecule has 0 aliphatic rings. The molecule has 0 aromatic heterocycles. The molecule has 1 atom stereocenters. The van der Waals surface area contributed by atoms with E-state index < -0.39 is 18.3 Å². The summed E-state index contributed by atoms with van der Waals surface area (Å²) < 4.78 is 10.3. The first kappa shape index (κ1) is 14.8. The van der Waals surface area contributed by atoms with Crippen molar-refractivity contribution < 1.29 is 24.2 Å². The van der Waals surface area contributed by atoms with Gasteiger partial charge in [0, 0.05) is 5.56 Å². The van der Waals surface area contributed by atoms with Gasteiger partial charge in [0.2, 0.25) is 5.91 Å². The van der Waals surface area contributed by atoms with Crippen LogP contribution in [0.3, 0.4) is 0 Å². The highest BCUT2D eigenvalue weighted by atomic mass is 16.5. The van der Waals surface area contributed by atoms with E-state index in [4.69, 9.17) is 14.6 Å². The lowest BCUT2D eigenvalue weighted by atomic mass is 10.1. The minimum absolute atomic E-state index is 0.378. The molecule has 6 nitrogen and oxygen atoms in total. The van der Waals surface area contributed by atoms with E-state index in [0.29, 0.717) is 11.5 Å². The maximum Gasteiger partial charge on any atom is 0.312 e. The third-order valence-corrected chi connectivity index (χ3v) is 2.59. The molecule has 0 spiro atoms. The quantitative estimate of drug-likeness (QED) is 0.760. The second-order valence-corrected chi connectivity index (χ2v) is 3.97. The van der Waals surface area contributed by atoms with Crippen LogP contribution in [0.25, 0.3) is 0 Å². The number of hydrogen-bond acceptors (Lipinski definition) is 4. The number of benzene rings is 1. The molecule has 1 rings (SSSR count). The van der Waals surface area contributed by atoms with Gasteiger partial charge in [-0.2, -0.15) is 0 Å². The first-order valence-corrected chi connectivity index (χ1v) is 5.71. The molecule has 0 saturated carbocycles. The van der Waals surface area contributed by atoms with Crippen molar-refractivity contribution in [2.24, 2.45) is 0 Å². The Kier molecular flexibility index (Phi) is 5.17. The van der Waals surface area contributed by atoms with E-state index in [1.807, 2.05) is 0 Å². The molecular weight excluding hydrogens is 250 g/mol. The molecule has 6 heteroatoms. The zero-order valence-corrected chi connectivity index (χ0v) is 11.1. The smallest absolute Gasteiger partial charge is 0.312 e. The van der Waals surface area contributed by atoms with Gasteiger partial charge in [0.1, 0.15) is 17.9 Å². The van der Waals surface area contributed by atoms with Crippen LogP contribution in [0.2, 0.25) is 0 Å². The van der Waals surface area contributed by atoms with Gasteiger partial charge in [-0.3, -0.25) is 9.59 Å². The number of carboxylic acid groups (broad SMARTS) is 1. The van der Waals surface area contributed by atoms with E-state index in [1.54, 1.807) is 32.2 Å². The van der Waals surface area contributed by atoms with E-state index in [9.17, 15) is 9.59 Å². The van der Waals surface area contributed by atoms with Crippen LogP contribution in [0.15, 0.2) is 18.2 Å². The van der Waals surface area contributed by atoms with Crippen molar-refractivity contribution in [2.75, 3.05) is 14.2 Å². The number of ether oxygens (including phenoxy) is 2. The number of amides is 1. The second-order valence-electron chi connectivity index (χ2n) is 3.97. The summed E-state index contributed by atoms with van der Waals surface area (Å²) in [6.45, 7) is 1.75. The fourth-order valence-corrected chi connectivity index (χ4v) is 1.69. The lowest BCUT2D eigenvalue weighted by molar-refractivity contribution is -0.140. The topological polar surface area (TPSA) is 84.9 Å². The standard InChI is InChI=1S/C13H17NO5/c1-8(14-12(15)7-13(16)17)10-6-9(18-2)4-5-11(10)19-3/h4-6,8H,7H2,1-3H3,(H,14,15)(H,16,17). The molecule has 0 saturated heterocycles. The van der Waals surface area contributed by atoms with Crippen LogP contribution in [0.5, 0.6) is 11.5 Å². The number of rotatable bonds is 6. The number of carboxylic acids is 1. The van der Waals surface area contributed by atoms with Gasteiger partial charge in [-0.25, -0.2) is 0 Å². The van der Waals surface area contributed by atoms with Crippen LogP contribution < -0.4 is 14.8 Å². The van der Waals surface area contributed by atoms with Gasteiger partial charge in [-0.05, 0) is 25.1 Å². The number of carbonyl (C=O) groups excluding carboxylic acids is 1. The largest absolute Gasteiger partial charge is 0.497 e. The summed E-state index contributed by atoms with van der Waals surface area (Å²) in [5.74, 6) is -0.480. The summed E-state index contributed by atoms with van der Waals surface area (Å²) in [4.78, 5) is 21.9. The van der Waals surface area contributed by atoms with E-state index in [1.165, 1.54) is 7.11 Å².